The number of nitrogens with one attached hydrogen (secondary N) is 2. The molecule has 158 valence electrons. The molecular weight excluding hydrogens is 387 g/mol. The molecule has 0 aliphatic rings. The summed E-state index contributed by atoms with van der Waals surface area (Å²) in [7, 11) is 3.86. The molecule has 2 amide bonds. The Morgan fingerprint density at radius 2 is 1.57 bits per heavy atom. The first-order valence-corrected chi connectivity index (χ1v) is 9.33. The van der Waals surface area contributed by atoms with Crippen molar-refractivity contribution in [2.24, 2.45) is 0 Å². The second kappa shape index (κ2) is 11.7. The molecule has 0 aromatic heterocycles. The van der Waals surface area contributed by atoms with Gasteiger partial charge in [0.1, 0.15) is 6.04 Å². The molecule has 30 heavy (non-hydrogen) atoms. The third kappa shape index (κ3) is 6.72. The summed E-state index contributed by atoms with van der Waals surface area (Å²) in [5.41, 5.74) is 2.08. The highest BCUT2D eigenvalue weighted by Gasteiger charge is 2.23. The smallest absolute Gasteiger partial charge is 0.467 e. The van der Waals surface area contributed by atoms with Crippen LogP contribution in [-0.4, -0.2) is 58.8 Å². The zero-order chi connectivity index (χ0) is 21.9. The Morgan fingerprint density at radius 3 is 2.13 bits per heavy atom. The van der Waals surface area contributed by atoms with Gasteiger partial charge in [-0.25, -0.2) is 4.79 Å². The van der Waals surface area contributed by atoms with E-state index in [2.05, 4.69) is 10.6 Å². The van der Waals surface area contributed by atoms with E-state index in [9.17, 15) is 14.4 Å². The minimum atomic E-state index is -0.886. The van der Waals surface area contributed by atoms with Crippen LogP contribution < -0.4 is 16.1 Å². The molecule has 0 saturated heterocycles. The molecule has 9 heteroatoms. The van der Waals surface area contributed by atoms with Crippen LogP contribution in [0.2, 0.25) is 0 Å². The van der Waals surface area contributed by atoms with Crippen molar-refractivity contribution in [3.63, 3.8) is 0 Å². The van der Waals surface area contributed by atoms with Gasteiger partial charge in [-0.15, -0.1) is 0 Å². The minimum absolute atomic E-state index is 0.232. The molecule has 0 fully saturated rings. The van der Waals surface area contributed by atoms with E-state index in [1.807, 2.05) is 24.3 Å². The van der Waals surface area contributed by atoms with Crippen molar-refractivity contribution in [1.29, 1.82) is 0 Å². The van der Waals surface area contributed by atoms with E-state index in [1.165, 1.54) is 7.11 Å². The Morgan fingerprint density at radius 1 is 0.933 bits per heavy atom. The number of rotatable bonds is 10. The third-order valence-corrected chi connectivity index (χ3v) is 4.39. The standard InChI is InChI=1S/C21H25BN2O6/c1-28-21(27)18(13-15-9-11-17(12-10-15)22(29-2)30-3)24-19(25)14-23-20(26)16-7-5-4-6-8-16/h4-12,18H,13-14H2,1-3H3,(H,23,26)(H,24,25)/t18-/m1/s1. The Balaban J connectivity index is 1.96. The normalized spacial score (nSPS) is 11.3. The van der Waals surface area contributed by atoms with Gasteiger partial charge in [-0.3, -0.25) is 9.59 Å². The second-order valence-corrected chi connectivity index (χ2v) is 6.44. The molecule has 0 aliphatic heterocycles. The maximum absolute atomic E-state index is 12.3. The second-order valence-electron chi connectivity index (χ2n) is 6.44. The van der Waals surface area contributed by atoms with Crippen molar-refractivity contribution in [3.05, 3.63) is 65.7 Å². The van der Waals surface area contributed by atoms with E-state index < -0.39 is 25.0 Å². The molecule has 0 saturated carbocycles. The van der Waals surface area contributed by atoms with E-state index in [4.69, 9.17) is 14.0 Å². The van der Waals surface area contributed by atoms with E-state index in [0.717, 1.165) is 11.0 Å². The van der Waals surface area contributed by atoms with Crippen LogP contribution in [0.1, 0.15) is 15.9 Å². The van der Waals surface area contributed by atoms with Crippen LogP contribution >= 0.6 is 0 Å². The van der Waals surface area contributed by atoms with Gasteiger partial charge in [0, 0.05) is 26.2 Å². The Kier molecular flexibility index (Phi) is 9.05. The first kappa shape index (κ1) is 23.1. The lowest BCUT2D eigenvalue weighted by Crippen LogP contribution is -2.47. The largest absolute Gasteiger partial charge is 0.493 e. The van der Waals surface area contributed by atoms with Gasteiger partial charge in [0.15, 0.2) is 0 Å². The van der Waals surface area contributed by atoms with Crippen molar-refractivity contribution in [2.75, 3.05) is 27.9 Å². The number of hydrogen-bond donors (Lipinski definition) is 2. The maximum atomic E-state index is 12.3. The highest BCUT2D eigenvalue weighted by atomic mass is 16.6. The summed E-state index contributed by atoms with van der Waals surface area (Å²) >= 11 is 0. The van der Waals surface area contributed by atoms with Gasteiger partial charge in [0.25, 0.3) is 5.91 Å². The summed E-state index contributed by atoms with van der Waals surface area (Å²) in [6.45, 7) is -0.260. The molecule has 0 bridgehead atoms. The molecule has 0 unspecified atom stereocenters. The fourth-order valence-electron chi connectivity index (χ4n) is 2.85. The number of hydrogen-bond acceptors (Lipinski definition) is 6. The molecule has 2 rings (SSSR count). The monoisotopic (exact) mass is 412 g/mol. The molecule has 0 aliphatic carbocycles. The molecule has 2 N–H and O–H groups in total. The number of carbonyl (C=O) groups is 3. The maximum Gasteiger partial charge on any atom is 0.493 e. The molecule has 2 aromatic carbocycles. The average Bonchev–Trinajstić information content (AvgIpc) is 2.79. The van der Waals surface area contributed by atoms with Crippen LogP contribution in [0.25, 0.3) is 0 Å². The number of amides is 2. The van der Waals surface area contributed by atoms with Crippen LogP contribution in [0.4, 0.5) is 0 Å². The Labute approximate surface area is 176 Å². The van der Waals surface area contributed by atoms with Gasteiger partial charge in [-0.1, -0.05) is 42.5 Å². The summed E-state index contributed by atoms with van der Waals surface area (Å²) < 4.78 is 15.2. The fraction of sp³-hybridized carbons (Fsp3) is 0.286. The topological polar surface area (TPSA) is 103 Å². The van der Waals surface area contributed by atoms with Crippen molar-refractivity contribution < 1.29 is 28.4 Å². The van der Waals surface area contributed by atoms with Crippen LogP contribution in [0.3, 0.4) is 0 Å². The summed E-state index contributed by atoms with van der Waals surface area (Å²) in [5, 5.41) is 5.13. The highest BCUT2D eigenvalue weighted by molar-refractivity contribution is 6.61. The summed E-state index contributed by atoms with van der Waals surface area (Å²) in [5.74, 6) is -1.44. The van der Waals surface area contributed by atoms with Crippen LogP contribution in [0.15, 0.2) is 54.6 Å². The Bertz CT molecular complexity index is 840. The van der Waals surface area contributed by atoms with Crippen molar-refractivity contribution in [3.8, 4) is 0 Å². The molecule has 0 heterocycles. The average molecular weight is 412 g/mol. The zero-order valence-corrected chi connectivity index (χ0v) is 17.2. The van der Waals surface area contributed by atoms with Gasteiger partial charge in [0.05, 0.1) is 13.7 Å². The van der Waals surface area contributed by atoms with E-state index in [1.54, 1.807) is 44.6 Å². The molecule has 0 spiro atoms. The summed E-state index contributed by atoms with van der Waals surface area (Å²) in [6, 6.07) is 14.9. The quantitative estimate of drug-likeness (QED) is 0.430. The van der Waals surface area contributed by atoms with Gasteiger partial charge in [-0.05, 0) is 23.2 Å². The van der Waals surface area contributed by atoms with Gasteiger partial charge >= 0.3 is 13.1 Å². The molecule has 0 radical (unpaired) electrons. The number of esters is 1. The SMILES string of the molecule is COB(OC)c1ccc(C[C@@H](NC(=O)CNC(=O)c2ccccc2)C(=O)OC)cc1. The van der Waals surface area contributed by atoms with E-state index in [-0.39, 0.29) is 18.9 Å². The first-order valence-electron chi connectivity index (χ1n) is 9.33. The predicted molar refractivity (Wildman–Crippen MR) is 112 cm³/mol. The van der Waals surface area contributed by atoms with Crippen LogP contribution in [0, 0.1) is 0 Å². The van der Waals surface area contributed by atoms with Gasteiger partial charge in [0.2, 0.25) is 5.91 Å². The van der Waals surface area contributed by atoms with Gasteiger partial charge in [-0.2, -0.15) is 0 Å². The lowest BCUT2D eigenvalue weighted by molar-refractivity contribution is -0.144. The molecule has 1 atom stereocenters. The predicted octanol–water partition coefficient (Wildman–Crippen LogP) is 0.305. The summed E-state index contributed by atoms with van der Waals surface area (Å²) in [6.07, 6.45) is 0.232. The number of ether oxygens (including phenoxy) is 1. The Hall–Kier alpha value is -3.17. The molecule has 8 nitrogen and oxygen atoms in total. The van der Waals surface area contributed by atoms with Gasteiger partial charge < -0.3 is 24.7 Å². The highest BCUT2D eigenvalue weighted by Crippen LogP contribution is 2.05. The van der Waals surface area contributed by atoms with E-state index in [0.29, 0.717) is 5.56 Å². The number of carbonyl (C=O) groups excluding carboxylic acids is 3. The lowest BCUT2D eigenvalue weighted by atomic mass is 9.78. The van der Waals surface area contributed by atoms with Crippen LogP contribution in [-0.2, 0) is 30.1 Å². The van der Waals surface area contributed by atoms with E-state index >= 15 is 0 Å². The van der Waals surface area contributed by atoms with Crippen molar-refractivity contribution in [2.45, 2.75) is 12.5 Å². The fourth-order valence-corrected chi connectivity index (χ4v) is 2.85. The summed E-state index contributed by atoms with van der Waals surface area (Å²) in [4.78, 5) is 36.4. The van der Waals surface area contributed by atoms with Crippen LogP contribution in [0.5, 0.6) is 0 Å². The third-order valence-electron chi connectivity index (χ3n) is 4.39. The first-order chi connectivity index (χ1) is 14.5. The van der Waals surface area contributed by atoms with Crippen molar-refractivity contribution >= 4 is 30.4 Å². The molecular formula is C21H25BN2O6. The minimum Gasteiger partial charge on any atom is -0.467 e. The lowest BCUT2D eigenvalue weighted by Gasteiger charge is -2.17. The number of benzene rings is 2. The van der Waals surface area contributed by atoms with Crippen molar-refractivity contribution in [1.82, 2.24) is 10.6 Å². The molecule has 2 aromatic rings. The zero-order valence-electron chi connectivity index (χ0n) is 17.2. The number of methoxy groups -OCH3 is 1.